The standard InChI is InChI=1S/C16H21N/c1-5-9-16(17(3)4)11-14-8-7-13(6-2)10-15(14)12-16/h2,7-8,10H,5,9,11-12H2,1,3-4H3. The quantitative estimate of drug-likeness (QED) is 0.718. The van der Waals surface area contributed by atoms with E-state index < -0.39 is 0 Å². The van der Waals surface area contributed by atoms with E-state index in [0.29, 0.717) is 5.54 Å². The summed E-state index contributed by atoms with van der Waals surface area (Å²) in [4.78, 5) is 2.39. The van der Waals surface area contributed by atoms with Crippen LogP contribution in [-0.4, -0.2) is 24.5 Å². The zero-order valence-corrected chi connectivity index (χ0v) is 11.1. The first-order chi connectivity index (χ1) is 8.11. The van der Waals surface area contributed by atoms with Gasteiger partial charge in [-0.15, -0.1) is 6.42 Å². The van der Waals surface area contributed by atoms with Gasteiger partial charge in [-0.25, -0.2) is 0 Å². The molecule has 1 aliphatic rings. The highest BCUT2D eigenvalue weighted by Gasteiger charge is 2.38. The van der Waals surface area contributed by atoms with E-state index in [1.54, 1.807) is 0 Å². The van der Waals surface area contributed by atoms with Crippen molar-refractivity contribution >= 4 is 0 Å². The summed E-state index contributed by atoms with van der Waals surface area (Å²) in [5.41, 5.74) is 4.24. The van der Waals surface area contributed by atoms with E-state index in [-0.39, 0.29) is 0 Å². The Morgan fingerprint density at radius 2 is 2.00 bits per heavy atom. The number of fused-ring (bicyclic) bond motifs is 1. The molecular formula is C16H21N. The SMILES string of the molecule is C#Cc1ccc2c(c1)CC(CCC)(N(C)C)C2. The first-order valence-corrected chi connectivity index (χ1v) is 6.37. The highest BCUT2D eigenvalue weighted by Crippen LogP contribution is 2.37. The molecule has 0 saturated carbocycles. The van der Waals surface area contributed by atoms with Gasteiger partial charge >= 0.3 is 0 Å². The predicted molar refractivity (Wildman–Crippen MR) is 73.1 cm³/mol. The Labute approximate surface area is 105 Å². The van der Waals surface area contributed by atoms with E-state index in [1.165, 1.54) is 24.0 Å². The molecule has 0 heterocycles. The lowest BCUT2D eigenvalue weighted by Gasteiger charge is -2.36. The van der Waals surface area contributed by atoms with E-state index in [2.05, 4.69) is 50.0 Å². The summed E-state index contributed by atoms with van der Waals surface area (Å²) in [6.45, 7) is 2.26. The van der Waals surface area contributed by atoms with Crippen molar-refractivity contribution in [1.29, 1.82) is 0 Å². The summed E-state index contributed by atoms with van der Waals surface area (Å²) < 4.78 is 0. The van der Waals surface area contributed by atoms with Gasteiger partial charge in [0, 0.05) is 11.1 Å². The molecule has 0 aromatic heterocycles. The van der Waals surface area contributed by atoms with Gasteiger partial charge in [0.1, 0.15) is 0 Å². The number of likely N-dealkylation sites (N-methyl/N-ethyl adjacent to an activating group) is 1. The fraction of sp³-hybridized carbons (Fsp3) is 0.500. The predicted octanol–water partition coefficient (Wildman–Crippen LogP) is 2.87. The Bertz CT molecular complexity index is 453. The Morgan fingerprint density at radius 1 is 1.29 bits per heavy atom. The molecule has 17 heavy (non-hydrogen) atoms. The van der Waals surface area contributed by atoms with Gasteiger partial charge in [-0.2, -0.15) is 0 Å². The molecule has 1 aromatic rings. The van der Waals surface area contributed by atoms with Crippen LogP contribution in [0.5, 0.6) is 0 Å². The second kappa shape index (κ2) is 4.55. The minimum Gasteiger partial charge on any atom is -0.303 e. The van der Waals surface area contributed by atoms with Crippen LogP contribution in [0, 0.1) is 12.3 Å². The molecule has 90 valence electrons. The van der Waals surface area contributed by atoms with Crippen LogP contribution in [-0.2, 0) is 12.8 Å². The molecule has 0 fully saturated rings. The fourth-order valence-electron chi connectivity index (χ4n) is 3.01. The Hall–Kier alpha value is -1.26. The van der Waals surface area contributed by atoms with Crippen LogP contribution < -0.4 is 0 Å². The van der Waals surface area contributed by atoms with E-state index in [0.717, 1.165) is 18.4 Å². The third kappa shape index (κ3) is 2.10. The van der Waals surface area contributed by atoms with Gasteiger partial charge in [-0.3, -0.25) is 0 Å². The molecule has 1 aromatic carbocycles. The molecule has 0 aliphatic heterocycles. The van der Waals surface area contributed by atoms with Gasteiger partial charge in [0.25, 0.3) is 0 Å². The minimum atomic E-state index is 0.310. The summed E-state index contributed by atoms with van der Waals surface area (Å²) in [6, 6.07) is 6.47. The monoisotopic (exact) mass is 227 g/mol. The summed E-state index contributed by atoms with van der Waals surface area (Å²) in [6.07, 6.45) is 10.2. The molecule has 2 rings (SSSR count). The van der Waals surface area contributed by atoms with Crippen molar-refractivity contribution in [2.45, 2.75) is 38.1 Å². The maximum Gasteiger partial charge on any atom is 0.0284 e. The zero-order valence-electron chi connectivity index (χ0n) is 11.1. The summed E-state index contributed by atoms with van der Waals surface area (Å²) in [5.74, 6) is 2.73. The first kappa shape index (κ1) is 12.2. The van der Waals surface area contributed by atoms with Gasteiger partial charge in [0.2, 0.25) is 0 Å². The summed E-state index contributed by atoms with van der Waals surface area (Å²) in [5, 5.41) is 0. The number of nitrogens with zero attached hydrogens (tertiary/aromatic N) is 1. The van der Waals surface area contributed by atoms with Crippen molar-refractivity contribution in [3.63, 3.8) is 0 Å². The lowest BCUT2D eigenvalue weighted by atomic mass is 9.89. The molecule has 0 N–H and O–H groups in total. The average Bonchev–Trinajstić information content (AvgIpc) is 2.67. The number of hydrogen-bond acceptors (Lipinski definition) is 1. The minimum absolute atomic E-state index is 0.310. The van der Waals surface area contributed by atoms with Crippen LogP contribution in [0.1, 0.15) is 36.5 Å². The van der Waals surface area contributed by atoms with Crippen molar-refractivity contribution in [1.82, 2.24) is 4.90 Å². The van der Waals surface area contributed by atoms with Crippen LogP contribution >= 0.6 is 0 Å². The van der Waals surface area contributed by atoms with Crippen molar-refractivity contribution in [2.24, 2.45) is 0 Å². The third-order valence-corrected chi connectivity index (χ3v) is 4.08. The van der Waals surface area contributed by atoms with Crippen LogP contribution in [0.3, 0.4) is 0 Å². The largest absolute Gasteiger partial charge is 0.303 e. The Balaban J connectivity index is 2.33. The van der Waals surface area contributed by atoms with Crippen LogP contribution in [0.25, 0.3) is 0 Å². The van der Waals surface area contributed by atoms with Crippen LogP contribution in [0.4, 0.5) is 0 Å². The molecule has 1 unspecified atom stereocenters. The van der Waals surface area contributed by atoms with Gasteiger partial charge < -0.3 is 4.90 Å². The Kier molecular flexibility index (Phi) is 3.26. The summed E-state index contributed by atoms with van der Waals surface area (Å²) in [7, 11) is 4.40. The van der Waals surface area contributed by atoms with Gasteiger partial charge in [0.05, 0.1) is 0 Å². The summed E-state index contributed by atoms with van der Waals surface area (Å²) >= 11 is 0. The van der Waals surface area contributed by atoms with Crippen LogP contribution in [0.2, 0.25) is 0 Å². The number of benzene rings is 1. The number of hydrogen-bond donors (Lipinski definition) is 0. The molecule has 1 aliphatic carbocycles. The second-order valence-corrected chi connectivity index (χ2v) is 5.35. The topological polar surface area (TPSA) is 3.24 Å². The molecule has 1 atom stereocenters. The number of rotatable bonds is 3. The molecule has 0 radical (unpaired) electrons. The molecule has 0 bridgehead atoms. The highest BCUT2D eigenvalue weighted by atomic mass is 15.1. The highest BCUT2D eigenvalue weighted by molar-refractivity contribution is 5.44. The van der Waals surface area contributed by atoms with Crippen molar-refractivity contribution in [3.05, 3.63) is 34.9 Å². The lowest BCUT2D eigenvalue weighted by Crippen LogP contribution is -2.45. The van der Waals surface area contributed by atoms with E-state index in [1.807, 2.05) is 0 Å². The number of terminal acetylenes is 1. The molecular weight excluding hydrogens is 206 g/mol. The third-order valence-electron chi connectivity index (χ3n) is 4.08. The molecule has 1 nitrogen and oxygen atoms in total. The fourth-order valence-corrected chi connectivity index (χ4v) is 3.01. The van der Waals surface area contributed by atoms with Crippen LogP contribution in [0.15, 0.2) is 18.2 Å². The van der Waals surface area contributed by atoms with E-state index in [9.17, 15) is 0 Å². The van der Waals surface area contributed by atoms with Crippen molar-refractivity contribution in [3.8, 4) is 12.3 Å². The van der Waals surface area contributed by atoms with E-state index >= 15 is 0 Å². The van der Waals surface area contributed by atoms with E-state index in [4.69, 9.17) is 6.42 Å². The first-order valence-electron chi connectivity index (χ1n) is 6.37. The average molecular weight is 227 g/mol. The van der Waals surface area contributed by atoms with Crippen molar-refractivity contribution in [2.75, 3.05) is 14.1 Å². The maximum absolute atomic E-state index is 5.47. The Morgan fingerprint density at radius 3 is 2.59 bits per heavy atom. The lowest BCUT2D eigenvalue weighted by molar-refractivity contribution is 0.148. The second-order valence-electron chi connectivity index (χ2n) is 5.35. The van der Waals surface area contributed by atoms with Crippen molar-refractivity contribution < 1.29 is 0 Å². The zero-order chi connectivity index (χ0) is 12.5. The smallest absolute Gasteiger partial charge is 0.0284 e. The van der Waals surface area contributed by atoms with Gasteiger partial charge in [-0.05, 0) is 56.6 Å². The molecule has 0 spiro atoms. The molecule has 0 amide bonds. The van der Waals surface area contributed by atoms with Gasteiger partial charge in [-0.1, -0.05) is 25.3 Å². The molecule has 0 saturated heterocycles. The van der Waals surface area contributed by atoms with Gasteiger partial charge in [0.15, 0.2) is 0 Å². The normalized spacial score (nSPS) is 22.5. The molecule has 1 heteroatoms. The maximum atomic E-state index is 5.47.